The second-order valence-electron chi connectivity index (χ2n) is 4.19. The Balaban J connectivity index is 2.15. The van der Waals surface area contributed by atoms with E-state index in [0.29, 0.717) is 23.4 Å². The number of hydrogen-bond donors (Lipinski definition) is 2. The summed E-state index contributed by atoms with van der Waals surface area (Å²) in [5.41, 5.74) is 7.53. The molecule has 0 aromatic heterocycles. The molecule has 0 radical (unpaired) electrons. The highest BCUT2D eigenvalue weighted by Crippen LogP contribution is 2.15. The van der Waals surface area contributed by atoms with Crippen molar-refractivity contribution < 1.29 is 4.79 Å². The summed E-state index contributed by atoms with van der Waals surface area (Å²) in [7, 11) is 0. The maximum atomic E-state index is 12.1. The van der Waals surface area contributed by atoms with Gasteiger partial charge in [0.15, 0.2) is 0 Å². The van der Waals surface area contributed by atoms with Gasteiger partial charge in [-0.25, -0.2) is 0 Å². The van der Waals surface area contributed by atoms with Crippen molar-refractivity contribution in [3.05, 3.63) is 65.2 Å². The molecule has 0 aliphatic rings. The van der Waals surface area contributed by atoms with Crippen LogP contribution in [0, 0.1) is 23.2 Å². The first-order valence-corrected chi connectivity index (χ1v) is 6.34. The first kappa shape index (κ1) is 14.3. The highest BCUT2D eigenvalue weighted by atomic mass is 16.1. The van der Waals surface area contributed by atoms with Gasteiger partial charge in [0.1, 0.15) is 6.07 Å². The Kier molecular flexibility index (Phi) is 4.71. The predicted octanol–water partition coefficient (Wildman–Crippen LogP) is 2.12. The van der Waals surface area contributed by atoms with E-state index in [9.17, 15) is 4.79 Å². The van der Waals surface area contributed by atoms with Gasteiger partial charge >= 0.3 is 0 Å². The van der Waals surface area contributed by atoms with Crippen LogP contribution in [0.4, 0.5) is 5.69 Å². The number of carbonyl (C=O) groups is 1. The molecule has 0 fully saturated rings. The third kappa shape index (κ3) is 3.70. The molecule has 2 aromatic rings. The molecule has 21 heavy (non-hydrogen) atoms. The average molecular weight is 275 g/mol. The van der Waals surface area contributed by atoms with E-state index in [4.69, 9.17) is 11.0 Å². The summed E-state index contributed by atoms with van der Waals surface area (Å²) in [5.74, 6) is 5.37. The van der Waals surface area contributed by atoms with Crippen LogP contribution in [0.5, 0.6) is 0 Å². The maximum Gasteiger partial charge on any atom is 0.255 e. The van der Waals surface area contributed by atoms with E-state index in [2.05, 4.69) is 17.2 Å². The fourth-order valence-corrected chi connectivity index (χ4v) is 1.74. The van der Waals surface area contributed by atoms with Gasteiger partial charge in [-0.15, -0.1) is 0 Å². The fourth-order valence-electron chi connectivity index (χ4n) is 1.74. The van der Waals surface area contributed by atoms with E-state index in [1.54, 1.807) is 48.5 Å². The standard InChI is InChI=1S/C17H13N3O/c18-11-3-4-13-7-9-14(10-8-13)17(21)20-16-6-2-1-5-15(16)12-19/h1-2,5-10H,11,18H2,(H,20,21). The molecule has 0 atom stereocenters. The van der Waals surface area contributed by atoms with E-state index < -0.39 is 0 Å². The summed E-state index contributed by atoms with van der Waals surface area (Å²) in [6.45, 7) is 0.299. The van der Waals surface area contributed by atoms with Crippen molar-refractivity contribution in [1.29, 1.82) is 5.26 Å². The summed E-state index contributed by atoms with van der Waals surface area (Å²) in [6.07, 6.45) is 0. The molecular weight excluding hydrogens is 262 g/mol. The number of para-hydroxylation sites is 1. The quantitative estimate of drug-likeness (QED) is 0.824. The molecule has 102 valence electrons. The van der Waals surface area contributed by atoms with E-state index in [0.717, 1.165) is 5.56 Å². The summed E-state index contributed by atoms with van der Waals surface area (Å²) in [5, 5.41) is 11.7. The smallest absolute Gasteiger partial charge is 0.255 e. The molecule has 4 heteroatoms. The number of benzene rings is 2. The van der Waals surface area contributed by atoms with Gasteiger partial charge in [0.25, 0.3) is 5.91 Å². The lowest BCUT2D eigenvalue weighted by molar-refractivity contribution is 0.102. The van der Waals surface area contributed by atoms with Gasteiger partial charge in [-0.1, -0.05) is 24.0 Å². The zero-order valence-corrected chi connectivity index (χ0v) is 11.3. The van der Waals surface area contributed by atoms with Crippen LogP contribution < -0.4 is 11.1 Å². The van der Waals surface area contributed by atoms with Crippen LogP contribution in [0.15, 0.2) is 48.5 Å². The number of anilines is 1. The molecule has 2 rings (SSSR count). The molecule has 0 bridgehead atoms. The minimum Gasteiger partial charge on any atom is -0.321 e. The predicted molar refractivity (Wildman–Crippen MR) is 81.5 cm³/mol. The van der Waals surface area contributed by atoms with Crippen molar-refractivity contribution in [3.8, 4) is 17.9 Å². The van der Waals surface area contributed by atoms with Crippen molar-refractivity contribution in [1.82, 2.24) is 0 Å². The van der Waals surface area contributed by atoms with Gasteiger partial charge < -0.3 is 11.1 Å². The largest absolute Gasteiger partial charge is 0.321 e. The Bertz CT molecular complexity index is 746. The summed E-state index contributed by atoms with van der Waals surface area (Å²) < 4.78 is 0. The first-order chi connectivity index (χ1) is 10.2. The molecule has 4 nitrogen and oxygen atoms in total. The molecule has 0 unspecified atom stereocenters. The van der Waals surface area contributed by atoms with E-state index in [1.165, 1.54) is 0 Å². The lowest BCUT2D eigenvalue weighted by Crippen LogP contribution is -2.12. The molecule has 0 aliphatic heterocycles. The van der Waals surface area contributed by atoms with Crippen LogP contribution in [0.1, 0.15) is 21.5 Å². The molecule has 1 amide bonds. The number of amides is 1. The zero-order chi connectivity index (χ0) is 15.1. The average Bonchev–Trinajstić information content (AvgIpc) is 2.54. The Hall–Kier alpha value is -3.08. The first-order valence-electron chi connectivity index (χ1n) is 6.34. The lowest BCUT2D eigenvalue weighted by atomic mass is 10.1. The number of nitrogens with two attached hydrogens (primary N) is 1. The van der Waals surface area contributed by atoms with E-state index in [1.807, 2.05) is 6.07 Å². The summed E-state index contributed by atoms with van der Waals surface area (Å²) in [4.78, 5) is 12.1. The number of hydrogen-bond acceptors (Lipinski definition) is 3. The molecule has 0 spiro atoms. The van der Waals surface area contributed by atoms with Crippen molar-refractivity contribution in [2.75, 3.05) is 11.9 Å². The molecular formula is C17H13N3O. The molecule has 0 saturated carbocycles. The minimum atomic E-state index is -0.268. The SMILES string of the molecule is N#Cc1ccccc1NC(=O)c1ccc(C#CCN)cc1. The van der Waals surface area contributed by atoms with Crippen molar-refractivity contribution in [2.45, 2.75) is 0 Å². The normalized spacial score (nSPS) is 9.14. The summed E-state index contributed by atoms with van der Waals surface area (Å²) in [6, 6.07) is 15.8. The van der Waals surface area contributed by atoms with Crippen LogP contribution in [-0.4, -0.2) is 12.5 Å². The number of rotatable bonds is 2. The third-order valence-electron chi connectivity index (χ3n) is 2.78. The monoisotopic (exact) mass is 275 g/mol. The van der Waals surface area contributed by atoms with E-state index in [-0.39, 0.29) is 5.91 Å². The molecule has 0 heterocycles. The van der Waals surface area contributed by atoms with Crippen LogP contribution in [0.3, 0.4) is 0 Å². The fraction of sp³-hybridized carbons (Fsp3) is 0.0588. The maximum absolute atomic E-state index is 12.1. The minimum absolute atomic E-state index is 0.268. The van der Waals surface area contributed by atoms with Crippen LogP contribution in [0.2, 0.25) is 0 Å². The molecule has 3 N–H and O–H groups in total. The van der Waals surface area contributed by atoms with Crippen LogP contribution >= 0.6 is 0 Å². The van der Waals surface area contributed by atoms with E-state index >= 15 is 0 Å². The van der Waals surface area contributed by atoms with Crippen LogP contribution in [-0.2, 0) is 0 Å². The van der Waals surface area contributed by atoms with Crippen molar-refractivity contribution in [2.24, 2.45) is 5.73 Å². The van der Waals surface area contributed by atoms with Gasteiger partial charge in [0.05, 0.1) is 17.8 Å². The van der Waals surface area contributed by atoms with Gasteiger partial charge in [0.2, 0.25) is 0 Å². The highest BCUT2D eigenvalue weighted by Gasteiger charge is 2.08. The number of nitriles is 1. The molecule has 0 saturated heterocycles. The second-order valence-corrected chi connectivity index (χ2v) is 4.19. The van der Waals surface area contributed by atoms with Crippen molar-refractivity contribution in [3.63, 3.8) is 0 Å². The lowest BCUT2D eigenvalue weighted by Gasteiger charge is -2.06. The third-order valence-corrected chi connectivity index (χ3v) is 2.78. The Morgan fingerprint density at radius 1 is 1.14 bits per heavy atom. The number of carbonyl (C=O) groups excluding carboxylic acids is 1. The molecule has 0 aliphatic carbocycles. The van der Waals surface area contributed by atoms with Crippen LogP contribution in [0.25, 0.3) is 0 Å². The van der Waals surface area contributed by atoms with Gasteiger partial charge in [-0.05, 0) is 36.4 Å². The topological polar surface area (TPSA) is 78.9 Å². The number of nitrogens with zero attached hydrogens (tertiary/aromatic N) is 1. The highest BCUT2D eigenvalue weighted by molar-refractivity contribution is 6.04. The Morgan fingerprint density at radius 2 is 1.86 bits per heavy atom. The molecule has 2 aromatic carbocycles. The van der Waals surface area contributed by atoms with Crippen molar-refractivity contribution >= 4 is 11.6 Å². The summed E-state index contributed by atoms with van der Waals surface area (Å²) >= 11 is 0. The van der Waals surface area contributed by atoms with Gasteiger partial charge in [0, 0.05) is 11.1 Å². The van der Waals surface area contributed by atoms with Gasteiger partial charge in [-0.2, -0.15) is 5.26 Å². The Labute approximate surface area is 123 Å². The zero-order valence-electron chi connectivity index (χ0n) is 11.3. The Morgan fingerprint density at radius 3 is 2.52 bits per heavy atom. The number of nitrogens with one attached hydrogen (secondary N) is 1. The second kappa shape index (κ2) is 6.91. The van der Waals surface area contributed by atoms with Gasteiger partial charge in [-0.3, -0.25) is 4.79 Å².